The molecule has 20 heavy (non-hydrogen) atoms. The Morgan fingerprint density at radius 2 is 2.05 bits per heavy atom. The number of benzene rings is 1. The number of nitrogens with zero attached hydrogens (tertiary/aromatic N) is 4. The predicted octanol–water partition coefficient (Wildman–Crippen LogP) is 1.57. The van der Waals surface area contributed by atoms with Gasteiger partial charge in [0, 0.05) is 19.1 Å². The Kier molecular flexibility index (Phi) is 4.08. The molecule has 0 fully saturated rings. The molecular formula is C15H21N5. The van der Waals surface area contributed by atoms with E-state index < -0.39 is 0 Å². The minimum Gasteiger partial charge on any atom is -0.324 e. The Hall–Kier alpha value is -1.72. The van der Waals surface area contributed by atoms with Gasteiger partial charge in [-0.1, -0.05) is 30.3 Å². The second-order valence-corrected chi connectivity index (χ2v) is 5.38. The summed E-state index contributed by atoms with van der Waals surface area (Å²) >= 11 is 0. The number of rotatable bonds is 5. The molecule has 5 heteroatoms. The van der Waals surface area contributed by atoms with E-state index in [-0.39, 0.29) is 6.04 Å². The summed E-state index contributed by atoms with van der Waals surface area (Å²) in [6.45, 7) is 4.05. The van der Waals surface area contributed by atoms with E-state index >= 15 is 0 Å². The molecule has 106 valence electrons. The summed E-state index contributed by atoms with van der Waals surface area (Å²) in [4.78, 5) is 2.43. The molecule has 0 amide bonds. The maximum absolute atomic E-state index is 6.23. The smallest absolute Gasteiger partial charge is 0.147 e. The first kappa shape index (κ1) is 13.3. The topological polar surface area (TPSA) is 60.0 Å². The standard InChI is InChI=1S/C15H21N5/c16-14(13-5-2-1-3-6-13)7-4-8-19-9-10-20-12-17-18-15(20)11-19/h1-3,5-6,12,14H,4,7-11,16H2. The molecule has 0 saturated carbocycles. The van der Waals surface area contributed by atoms with Crippen LogP contribution in [-0.4, -0.2) is 32.8 Å². The second kappa shape index (κ2) is 6.15. The van der Waals surface area contributed by atoms with Crippen LogP contribution in [0, 0.1) is 0 Å². The van der Waals surface area contributed by atoms with Gasteiger partial charge in [0.1, 0.15) is 12.2 Å². The highest BCUT2D eigenvalue weighted by atomic mass is 15.3. The highest BCUT2D eigenvalue weighted by molar-refractivity contribution is 5.18. The van der Waals surface area contributed by atoms with E-state index in [2.05, 4.69) is 31.8 Å². The first-order valence-electron chi connectivity index (χ1n) is 7.22. The Bertz CT molecular complexity index is 536. The second-order valence-electron chi connectivity index (χ2n) is 5.38. The van der Waals surface area contributed by atoms with E-state index in [0.717, 1.165) is 44.8 Å². The molecule has 1 aliphatic heterocycles. The number of hydrogen-bond donors (Lipinski definition) is 1. The first-order valence-corrected chi connectivity index (χ1v) is 7.22. The van der Waals surface area contributed by atoms with Crippen molar-refractivity contribution in [3.05, 3.63) is 48.0 Å². The SMILES string of the molecule is NC(CCCN1CCn2cnnc2C1)c1ccccc1. The zero-order valence-corrected chi connectivity index (χ0v) is 11.7. The summed E-state index contributed by atoms with van der Waals surface area (Å²) in [5.74, 6) is 1.07. The van der Waals surface area contributed by atoms with Crippen LogP contribution in [0.1, 0.15) is 30.3 Å². The van der Waals surface area contributed by atoms with Crippen LogP contribution in [0.5, 0.6) is 0 Å². The number of aromatic nitrogens is 3. The van der Waals surface area contributed by atoms with Crippen LogP contribution in [-0.2, 0) is 13.1 Å². The minimum atomic E-state index is 0.143. The number of nitrogens with two attached hydrogens (primary N) is 1. The molecule has 5 nitrogen and oxygen atoms in total. The fourth-order valence-corrected chi connectivity index (χ4v) is 2.71. The van der Waals surface area contributed by atoms with Crippen LogP contribution in [0.25, 0.3) is 0 Å². The minimum absolute atomic E-state index is 0.143. The number of fused-ring (bicyclic) bond motifs is 1. The lowest BCUT2D eigenvalue weighted by atomic mass is 10.0. The number of hydrogen-bond acceptors (Lipinski definition) is 4. The normalized spacial score (nSPS) is 16.9. The van der Waals surface area contributed by atoms with Crippen molar-refractivity contribution < 1.29 is 0 Å². The van der Waals surface area contributed by atoms with Gasteiger partial charge in [-0.3, -0.25) is 4.90 Å². The molecule has 0 bridgehead atoms. The van der Waals surface area contributed by atoms with Crippen LogP contribution in [0.2, 0.25) is 0 Å². The summed E-state index contributed by atoms with van der Waals surface area (Å²) in [6, 6.07) is 10.5. The van der Waals surface area contributed by atoms with Gasteiger partial charge in [0.05, 0.1) is 6.54 Å². The van der Waals surface area contributed by atoms with Crippen LogP contribution in [0.15, 0.2) is 36.7 Å². The van der Waals surface area contributed by atoms with Crippen molar-refractivity contribution in [2.45, 2.75) is 32.0 Å². The Balaban J connectivity index is 1.45. The third kappa shape index (κ3) is 3.05. The molecule has 2 heterocycles. The van der Waals surface area contributed by atoms with E-state index in [1.54, 1.807) is 0 Å². The lowest BCUT2D eigenvalue weighted by Crippen LogP contribution is -2.34. The quantitative estimate of drug-likeness (QED) is 0.897. The molecule has 1 aliphatic rings. The highest BCUT2D eigenvalue weighted by Gasteiger charge is 2.17. The van der Waals surface area contributed by atoms with Gasteiger partial charge in [-0.25, -0.2) is 0 Å². The third-order valence-electron chi connectivity index (χ3n) is 3.94. The Morgan fingerprint density at radius 3 is 2.90 bits per heavy atom. The van der Waals surface area contributed by atoms with Gasteiger partial charge in [0.2, 0.25) is 0 Å². The van der Waals surface area contributed by atoms with E-state index in [1.165, 1.54) is 5.56 Å². The fraction of sp³-hybridized carbons (Fsp3) is 0.467. The molecule has 0 spiro atoms. The van der Waals surface area contributed by atoms with E-state index in [0.29, 0.717) is 0 Å². The van der Waals surface area contributed by atoms with Crippen molar-refractivity contribution in [3.8, 4) is 0 Å². The van der Waals surface area contributed by atoms with Gasteiger partial charge in [0.25, 0.3) is 0 Å². The van der Waals surface area contributed by atoms with Gasteiger partial charge in [0.15, 0.2) is 0 Å². The average molecular weight is 271 g/mol. The van der Waals surface area contributed by atoms with Gasteiger partial charge in [-0.2, -0.15) is 0 Å². The van der Waals surface area contributed by atoms with E-state index in [9.17, 15) is 0 Å². The summed E-state index contributed by atoms with van der Waals surface area (Å²) in [5.41, 5.74) is 7.45. The van der Waals surface area contributed by atoms with Crippen molar-refractivity contribution >= 4 is 0 Å². The lowest BCUT2D eigenvalue weighted by Gasteiger charge is -2.27. The van der Waals surface area contributed by atoms with Gasteiger partial charge >= 0.3 is 0 Å². The van der Waals surface area contributed by atoms with E-state index in [1.807, 2.05) is 24.5 Å². The van der Waals surface area contributed by atoms with Crippen molar-refractivity contribution in [2.24, 2.45) is 5.73 Å². The van der Waals surface area contributed by atoms with Crippen molar-refractivity contribution in [1.82, 2.24) is 19.7 Å². The molecule has 1 aromatic heterocycles. The summed E-state index contributed by atoms with van der Waals surface area (Å²) in [6.07, 6.45) is 3.95. The molecule has 0 aliphatic carbocycles. The molecule has 1 unspecified atom stereocenters. The summed E-state index contributed by atoms with van der Waals surface area (Å²) in [5, 5.41) is 8.10. The molecular weight excluding hydrogens is 250 g/mol. The molecule has 1 atom stereocenters. The molecule has 3 rings (SSSR count). The first-order chi connectivity index (χ1) is 9.83. The maximum atomic E-state index is 6.23. The van der Waals surface area contributed by atoms with Crippen LogP contribution < -0.4 is 5.73 Å². The highest BCUT2D eigenvalue weighted by Crippen LogP contribution is 2.16. The van der Waals surface area contributed by atoms with Gasteiger partial charge in [-0.05, 0) is 24.9 Å². The van der Waals surface area contributed by atoms with Crippen molar-refractivity contribution in [3.63, 3.8) is 0 Å². The maximum Gasteiger partial charge on any atom is 0.147 e. The zero-order valence-electron chi connectivity index (χ0n) is 11.7. The van der Waals surface area contributed by atoms with Gasteiger partial charge in [-0.15, -0.1) is 10.2 Å². The van der Waals surface area contributed by atoms with Crippen molar-refractivity contribution in [2.75, 3.05) is 13.1 Å². The Morgan fingerprint density at radius 1 is 1.20 bits per heavy atom. The van der Waals surface area contributed by atoms with Crippen molar-refractivity contribution in [1.29, 1.82) is 0 Å². The van der Waals surface area contributed by atoms with Crippen LogP contribution >= 0.6 is 0 Å². The largest absolute Gasteiger partial charge is 0.324 e. The lowest BCUT2D eigenvalue weighted by molar-refractivity contribution is 0.211. The average Bonchev–Trinajstić information content (AvgIpc) is 2.95. The van der Waals surface area contributed by atoms with E-state index in [4.69, 9.17) is 5.73 Å². The summed E-state index contributed by atoms with van der Waals surface area (Å²) in [7, 11) is 0. The molecule has 2 N–H and O–H groups in total. The monoisotopic (exact) mass is 271 g/mol. The molecule has 1 aromatic carbocycles. The van der Waals surface area contributed by atoms with Gasteiger partial charge < -0.3 is 10.3 Å². The Labute approximate surface area is 119 Å². The summed E-state index contributed by atoms with van der Waals surface area (Å²) < 4.78 is 2.13. The molecule has 2 aromatic rings. The zero-order chi connectivity index (χ0) is 13.8. The van der Waals surface area contributed by atoms with Crippen LogP contribution in [0.3, 0.4) is 0 Å². The fourth-order valence-electron chi connectivity index (χ4n) is 2.71. The van der Waals surface area contributed by atoms with Crippen LogP contribution in [0.4, 0.5) is 0 Å². The predicted molar refractivity (Wildman–Crippen MR) is 77.9 cm³/mol. The molecule has 0 radical (unpaired) electrons. The third-order valence-corrected chi connectivity index (χ3v) is 3.94. The molecule has 0 saturated heterocycles.